The van der Waals surface area contributed by atoms with E-state index < -0.39 is 0 Å². The quantitative estimate of drug-likeness (QED) is 0.707. The molecule has 27 heavy (non-hydrogen) atoms. The van der Waals surface area contributed by atoms with E-state index in [-0.39, 0.29) is 6.10 Å². The van der Waals surface area contributed by atoms with Gasteiger partial charge in [0.25, 0.3) is 0 Å². The second-order valence-corrected chi connectivity index (χ2v) is 7.28. The van der Waals surface area contributed by atoms with Gasteiger partial charge < -0.3 is 14.8 Å². The van der Waals surface area contributed by atoms with Crippen LogP contribution in [0.3, 0.4) is 0 Å². The summed E-state index contributed by atoms with van der Waals surface area (Å²) in [5.41, 5.74) is 3.07. The monoisotopic (exact) mass is 362 g/mol. The van der Waals surface area contributed by atoms with Crippen molar-refractivity contribution in [2.45, 2.75) is 38.9 Å². The van der Waals surface area contributed by atoms with Crippen LogP contribution in [0.15, 0.2) is 54.7 Å². The third kappa shape index (κ3) is 4.06. The van der Waals surface area contributed by atoms with Crippen LogP contribution in [-0.2, 0) is 0 Å². The standard InChI is InChI=1S/C23H26N2O2/c1-16(2)26-23-21(10-7-18-4-3-13-25-22(18)23)17-5-8-19(9-6-17)27-20-11-14-24-15-12-20/h3-10,13,16,20,24H,11-12,14-15H2,1-2H3. The molecule has 0 amide bonds. The first-order chi connectivity index (χ1) is 13.2. The first kappa shape index (κ1) is 17.8. The Kier molecular flexibility index (Phi) is 5.26. The fraction of sp³-hybridized carbons (Fsp3) is 0.348. The van der Waals surface area contributed by atoms with Gasteiger partial charge in [-0.25, -0.2) is 0 Å². The van der Waals surface area contributed by atoms with Gasteiger partial charge in [0.05, 0.1) is 6.10 Å². The molecular formula is C23H26N2O2. The molecule has 4 rings (SSSR count). The Labute approximate surface area is 160 Å². The van der Waals surface area contributed by atoms with Crippen LogP contribution >= 0.6 is 0 Å². The molecule has 0 spiro atoms. The Hall–Kier alpha value is -2.59. The number of hydrogen-bond donors (Lipinski definition) is 1. The second-order valence-electron chi connectivity index (χ2n) is 7.28. The molecule has 2 aromatic carbocycles. The highest BCUT2D eigenvalue weighted by Crippen LogP contribution is 2.37. The summed E-state index contributed by atoms with van der Waals surface area (Å²) < 4.78 is 12.3. The number of aromatic nitrogens is 1. The number of pyridine rings is 1. The SMILES string of the molecule is CC(C)Oc1c(-c2ccc(OC3CCNCC3)cc2)ccc2cccnc12. The number of rotatable bonds is 5. The summed E-state index contributed by atoms with van der Waals surface area (Å²) in [5.74, 6) is 1.77. The fourth-order valence-corrected chi connectivity index (χ4v) is 3.52. The van der Waals surface area contributed by atoms with Crippen LogP contribution in [0, 0.1) is 0 Å². The summed E-state index contributed by atoms with van der Waals surface area (Å²) in [7, 11) is 0. The molecule has 1 fully saturated rings. The Bertz CT molecular complexity index is 900. The van der Waals surface area contributed by atoms with Crippen molar-refractivity contribution in [2.75, 3.05) is 13.1 Å². The van der Waals surface area contributed by atoms with E-state index in [1.165, 1.54) is 0 Å². The number of nitrogens with one attached hydrogen (secondary N) is 1. The Morgan fingerprint density at radius 2 is 1.78 bits per heavy atom. The van der Waals surface area contributed by atoms with E-state index in [0.717, 1.165) is 59.5 Å². The van der Waals surface area contributed by atoms with E-state index in [9.17, 15) is 0 Å². The molecule has 140 valence electrons. The van der Waals surface area contributed by atoms with E-state index in [0.29, 0.717) is 6.10 Å². The largest absolute Gasteiger partial charge is 0.490 e. The average molecular weight is 362 g/mol. The Balaban J connectivity index is 1.65. The van der Waals surface area contributed by atoms with Crippen LogP contribution in [-0.4, -0.2) is 30.3 Å². The fourth-order valence-electron chi connectivity index (χ4n) is 3.52. The molecule has 3 aromatic rings. The number of nitrogens with zero attached hydrogens (tertiary/aromatic N) is 1. The highest BCUT2D eigenvalue weighted by molar-refractivity contribution is 5.92. The summed E-state index contributed by atoms with van der Waals surface area (Å²) >= 11 is 0. The lowest BCUT2D eigenvalue weighted by molar-refractivity contribution is 0.162. The molecule has 1 aliphatic rings. The van der Waals surface area contributed by atoms with E-state index in [1.807, 2.05) is 26.1 Å². The van der Waals surface area contributed by atoms with Crippen molar-refractivity contribution in [3.05, 3.63) is 54.7 Å². The first-order valence-electron chi connectivity index (χ1n) is 9.73. The predicted octanol–water partition coefficient (Wildman–Crippen LogP) is 4.82. The second kappa shape index (κ2) is 7.97. The number of benzene rings is 2. The molecule has 2 heterocycles. The van der Waals surface area contributed by atoms with Crippen molar-refractivity contribution in [3.63, 3.8) is 0 Å². The summed E-state index contributed by atoms with van der Waals surface area (Å²) in [5, 5.41) is 4.45. The van der Waals surface area contributed by atoms with Gasteiger partial charge in [0.15, 0.2) is 5.75 Å². The van der Waals surface area contributed by atoms with Crippen molar-refractivity contribution in [1.29, 1.82) is 0 Å². The maximum Gasteiger partial charge on any atom is 0.153 e. The van der Waals surface area contributed by atoms with Gasteiger partial charge in [0, 0.05) is 17.1 Å². The van der Waals surface area contributed by atoms with Crippen LogP contribution < -0.4 is 14.8 Å². The number of hydrogen-bond acceptors (Lipinski definition) is 4. The molecule has 1 aliphatic heterocycles. The van der Waals surface area contributed by atoms with Gasteiger partial charge >= 0.3 is 0 Å². The van der Waals surface area contributed by atoms with E-state index in [1.54, 1.807) is 0 Å². The topological polar surface area (TPSA) is 43.4 Å². The van der Waals surface area contributed by atoms with Crippen molar-refractivity contribution >= 4 is 10.9 Å². The summed E-state index contributed by atoms with van der Waals surface area (Å²) in [6, 6.07) is 16.6. The van der Waals surface area contributed by atoms with Crippen LogP contribution in [0.25, 0.3) is 22.0 Å². The number of piperidine rings is 1. The molecule has 0 aliphatic carbocycles. The highest BCUT2D eigenvalue weighted by atomic mass is 16.5. The average Bonchev–Trinajstić information content (AvgIpc) is 2.69. The number of fused-ring (bicyclic) bond motifs is 1. The minimum Gasteiger partial charge on any atom is -0.490 e. The minimum atomic E-state index is 0.0823. The molecule has 4 heteroatoms. The summed E-state index contributed by atoms with van der Waals surface area (Å²) in [4.78, 5) is 4.56. The van der Waals surface area contributed by atoms with Crippen LogP contribution in [0.5, 0.6) is 11.5 Å². The maximum atomic E-state index is 6.16. The molecule has 1 saturated heterocycles. The lowest BCUT2D eigenvalue weighted by Gasteiger charge is -2.24. The molecule has 4 nitrogen and oxygen atoms in total. The van der Waals surface area contributed by atoms with Crippen molar-refractivity contribution in [2.24, 2.45) is 0 Å². The number of ether oxygens (including phenoxy) is 2. The van der Waals surface area contributed by atoms with Crippen molar-refractivity contribution < 1.29 is 9.47 Å². The van der Waals surface area contributed by atoms with E-state index >= 15 is 0 Å². The first-order valence-corrected chi connectivity index (χ1v) is 9.73. The third-order valence-corrected chi connectivity index (χ3v) is 4.84. The zero-order valence-corrected chi connectivity index (χ0v) is 15.9. The molecule has 1 N–H and O–H groups in total. The molecular weight excluding hydrogens is 336 g/mol. The molecule has 0 radical (unpaired) electrons. The molecule has 0 bridgehead atoms. The lowest BCUT2D eigenvalue weighted by atomic mass is 10.0. The minimum absolute atomic E-state index is 0.0823. The normalized spacial score (nSPS) is 15.2. The van der Waals surface area contributed by atoms with E-state index in [2.05, 4.69) is 52.8 Å². The smallest absolute Gasteiger partial charge is 0.153 e. The van der Waals surface area contributed by atoms with Gasteiger partial charge in [-0.15, -0.1) is 0 Å². The summed E-state index contributed by atoms with van der Waals surface area (Å²) in [6.45, 7) is 6.15. The van der Waals surface area contributed by atoms with Gasteiger partial charge in [-0.2, -0.15) is 0 Å². The predicted molar refractivity (Wildman–Crippen MR) is 109 cm³/mol. The van der Waals surface area contributed by atoms with Crippen molar-refractivity contribution in [3.8, 4) is 22.6 Å². The van der Waals surface area contributed by atoms with Crippen LogP contribution in [0.4, 0.5) is 0 Å². The zero-order chi connectivity index (χ0) is 18.6. The van der Waals surface area contributed by atoms with Crippen LogP contribution in [0.2, 0.25) is 0 Å². The van der Waals surface area contributed by atoms with Gasteiger partial charge in [-0.05, 0) is 69.6 Å². The Morgan fingerprint density at radius 1 is 1.00 bits per heavy atom. The molecule has 0 unspecified atom stereocenters. The van der Waals surface area contributed by atoms with Gasteiger partial charge in [0.1, 0.15) is 17.4 Å². The summed E-state index contributed by atoms with van der Waals surface area (Å²) in [6.07, 6.45) is 4.32. The molecule has 0 saturated carbocycles. The van der Waals surface area contributed by atoms with Gasteiger partial charge in [-0.1, -0.05) is 24.3 Å². The lowest BCUT2D eigenvalue weighted by Crippen LogP contribution is -2.34. The van der Waals surface area contributed by atoms with Gasteiger partial charge in [0.2, 0.25) is 0 Å². The molecule has 0 atom stereocenters. The molecule has 1 aromatic heterocycles. The third-order valence-electron chi connectivity index (χ3n) is 4.84. The zero-order valence-electron chi connectivity index (χ0n) is 15.9. The van der Waals surface area contributed by atoms with Crippen LogP contribution in [0.1, 0.15) is 26.7 Å². The van der Waals surface area contributed by atoms with Crippen molar-refractivity contribution in [1.82, 2.24) is 10.3 Å². The maximum absolute atomic E-state index is 6.16. The Morgan fingerprint density at radius 3 is 2.52 bits per heavy atom. The highest BCUT2D eigenvalue weighted by Gasteiger charge is 2.16. The van der Waals surface area contributed by atoms with E-state index in [4.69, 9.17) is 9.47 Å². The van der Waals surface area contributed by atoms with Gasteiger partial charge in [-0.3, -0.25) is 4.98 Å².